The van der Waals surface area contributed by atoms with Crippen LogP contribution in [0.25, 0.3) is 0 Å². The van der Waals surface area contributed by atoms with Crippen LogP contribution in [0.3, 0.4) is 0 Å². The summed E-state index contributed by atoms with van der Waals surface area (Å²) in [5, 5.41) is 0.0786. The molecule has 1 saturated heterocycles. The standard InChI is InChI=1S/C40H66INO5SSi2/c1-29-17-19-33(20-18-29)48(44,45)42-25-23-40(37(43)28-42)22-21-35(46-49(11,12)38(5,6)7)32(4)34(40)27-31(3)36(26-30(2)16-15-24-41)47-50(13,14)39(8,9)10/h16-20,27,34,36H,15,21-26,28H2,1-14H3/b30-16+,31-27+/t34-,36-,40-/m0/s1. The quantitative estimate of drug-likeness (QED) is 0.0906. The van der Waals surface area contributed by atoms with Crippen LogP contribution >= 0.6 is 22.6 Å². The smallest absolute Gasteiger partial charge is 0.250 e. The predicted octanol–water partition coefficient (Wildman–Crippen LogP) is 11.1. The molecule has 3 rings (SSSR count). The van der Waals surface area contributed by atoms with Crippen LogP contribution in [0, 0.1) is 18.3 Å². The summed E-state index contributed by atoms with van der Waals surface area (Å²) < 4.78 is 44.1. The lowest BCUT2D eigenvalue weighted by Gasteiger charge is -2.49. The third kappa shape index (κ3) is 9.72. The van der Waals surface area contributed by atoms with Gasteiger partial charge in [0.1, 0.15) is 0 Å². The van der Waals surface area contributed by atoms with Gasteiger partial charge in [-0.3, -0.25) is 4.79 Å². The van der Waals surface area contributed by atoms with E-state index in [0.29, 0.717) is 25.8 Å². The third-order valence-corrected chi connectivity index (χ3v) is 23.5. The van der Waals surface area contributed by atoms with E-state index in [1.807, 2.05) is 19.1 Å². The fourth-order valence-corrected chi connectivity index (χ4v) is 10.8. The van der Waals surface area contributed by atoms with Crippen molar-refractivity contribution in [3.05, 3.63) is 64.5 Å². The largest absolute Gasteiger partial charge is 0.547 e. The molecule has 10 heteroatoms. The maximum atomic E-state index is 14.6. The molecule has 0 radical (unpaired) electrons. The fourth-order valence-electron chi connectivity index (χ4n) is 6.55. The number of ketones is 1. The summed E-state index contributed by atoms with van der Waals surface area (Å²) in [5.74, 6) is 0.801. The first-order chi connectivity index (χ1) is 22.8. The Labute approximate surface area is 321 Å². The Balaban J connectivity index is 2.14. The fraction of sp³-hybridized carbons (Fsp3) is 0.675. The van der Waals surface area contributed by atoms with Crippen molar-refractivity contribution >= 4 is 55.0 Å². The van der Waals surface area contributed by atoms with Gasteiger partial charge in [-0.05, 0) is 113 Å². The third-order valence-electron chi connectivity index (χ3n) is 12.1. The Morgan fingerprint density at radius 2 is 1.58 bits per heavy atom. The second-order valence-corrected chi connectivity index (χ2v) is 30.4. The summed E-state index contributed by atoms with van der Waals surface area (Å²) in [7, 11) is -8.09. The molecule has 1 fully saturated rings. The lowest BCUT2D eigenvalue weighted by Crippen LogP contribution is -2.54. The van der Waals surface area contributed by atoms with Gasteiger partial charge in [0.2, 0.25) is 18.3 Å². The Kier molecular flexibility index (Phi) is 14.0. The molecular formula is C40H66INO5SSi2. The molecule has 1 spiro atoms. The number of Topliss-reactive ketones (excluding diaryl/α,β-unsaturated/α-hetero) is 1. The van der Waals surface area contributed by atoms with E-state index in [0.717, 1.165) is 39.7 Å². The highest BCUT2D eigenvalue weighted by atomic mass is 127. The maximum Gasteiger partial charge on any atom is 0.250 e. The number of halogens is 1. The average Bonchev–Trinajstić information content (AvgIpc) is 2.99. The molecule has 0 aromatic heterocycles. The number of carbonyl (C=O) groups excluding carboxylic acids is 1. The van der Waals surface area contributed by atoms with Crippen LogP contribution in [0.4, 0.5) is 0 Å². The van der Waals surface area contributed by atoms with E-state index >= 15 is 0 Å². The van der Waals surface area contributed by atoms with Gasteiger partial charge in [-0.1, -0.05) is 99.6 Å². The molecule has 282 valence electrons. The second-order valence-electron chi connectivity index (χ2n) is 17.9. The molecule has 1 aromatic rings. The molecule has 6 nitrogen and oxygen atoms in total. The van der Waals surface area contributed by atoms with Crippen LogP contribution in [-0.4, -0.2) is 58.8 Å². The lowest BCUT2D eigenvalue weighted by molar-refractivity contribution is -0.135. The molecule has 1 aliphatic heterocycles. The van der Waals surface area contributed by atoms with Gasteiger partial charge in [-0.15, -0.1) is 0 Å². The first-order valence-electron chi connectivity index (χ1n) is 18.4. The van der Waals surface area contributed by atoms with Crippen LogP contribution < -0.4 is 0 Å². The SMILES string of the molecule is CC1=C(O[Si](C)(C)C(C)(C)C)CC[C@]2(CCN(S(=O)(=O)c3ccc(C)cc3)CC2=O)[C@H]1/C=C(\C)[C@H](C/C(C)=C/CCI)O[Si](C)(C)C(C)(C)C. The van der Waals surface area contributed by atoms with Crippen molar-refractivity contribution in [2.24, 2.45) is 11.3 Å². The van der Waals surface area contributed by atoms with Crippen molar-refractivity contribution in [1.29, 1.82) is 0 Å². The molecule has 50 heavy (non-hydrogen) atoms. The van der Waals surface area contributed by atoms with E-state index < -0.39 is 32.1 Å². The molecule has 0 saturated carbocycles. The number of sulfonamides is 1. The predicted molar refractivity (Wildman–Crippen MR) is 223 cm³/mol. The van der Waals surface area contributed by atoms with Crippen molar-refractivity contribution < 1.29 is 22.1 Å². The normalized spacial score (nSPS) is 23.1. The van der Waals surface area contributed by atoms with Crippen LogP contribution in [0.1, 0.15) is 100.0 Å². The van der Waals surface area contributed by atoms with Gasteiger partial charge < -0.3 is 8.85 Å². The lowest BCUT2D eigenvalue weighted by atomic mass is 9.60. The number of benzene rings is 1. The van der Waals surface area contributed by atoms with E-state index in [1.165, 1.54) is 9.88 Å². The summed E-state index contributed by atoms with van der Waals surface area (Å²) >= 11 is 2.42. The molecule has 1 aliphatic carbocycles. The van der Waals surface area contributed by atoms with E-state index in [9.17, 15) is 13.2 Å². The molecule has 0 N–H and O–H groups in total. The Bertz CT molecular complexity index is 1580. The van der Waals surface area contributed by atoms with E-state index in [2.05, 4.69) is 123 Å². The summed E-state index contributed by atoms with van der Waals surface area (Å²) in [6, 6.07) is 6.91. The Morgan fingerprint density at radius 3 is 2.10 bits per heavy atom. The first kappa shape index (κ1) is 43.3. The van der Waals surface area contributed by atoms with Crippen LogP contribution in [0.15, 0.2) is 63.8 Å². The summed E-state index contributed by atoms with van der Waals surface area (Å²) in [6.45, 7) is 31.4. The maximum absolute atomic E-state index is 14.6. The topological polar surface area (TPSA) is 72.9 Å². The number of nitrogens with zero attached hydrogens (tertiary/aromatic N) is 1. The minimum Gasteiger partial charge on any atom is -0.547 e. The minimum absolute atomic E-state index is 0.000741. The highest BCUT2D eigenvalue weighted by molar-refractivity contribution is 14.1. The second kappa shape index (κ2) is 16.1. The Hall–Kier alpha value is -1.06. The highest BCUT2D eigenvalue weighted by Gasteiger charge is 2.53. The zero-order valence-corrected chi connectivity index (χ0v) is 38.5. The molecule has 0 bridgehead atoms. The molecule has 3 atom stereocenters. The van der Waals surface area contributed by atoms with Gasteiger partial charge in [0.05, 0.1) is 23.3 Å². The minimum atomic E-state index is -3.80. The number of alkyl halides is 1. The molecule has 0 amide bonds. The molecule has 0 unspecified atom stereocenters. The van der Waals surface area contributed by atoms with Crippen molar-refractivity contribution in [3.8, 4) is 0 Å². The zero-order valence-electron chi connectivity index (χ0n) is 33.6. The monoisotopic (exact) mass is 855 g/mol. The molecule has 1 aromatic carbocycles. The van der Waals surface area contributed by atoms with Gasteiger partial charge in [0.15, 0.2) is 14.1 Å². The van der Waals surface area contributed by atoms with E-state index in [1.54, 1.807) is 12.1 Å². The Morgan fingerprint density at radius 1 is 1.00 bits per heavy atom. The van der Waals surface area contributed by atoms with Gasteiger partial charge in [-0.25, -0.2) is 8.42 Å². The van der Waals surface area contributed by atoms with Gasteiger partial charge in [-0.2, -0.15) is 4.31 Å². The summed E-state index contributed by atoms with van der Waals surface area (Å²) in [6.07, 6.45) is 8.15. The number of aryl methyl sites for hydroxylation is 1. The van der Waals surface area contributed by atoms with Crippen molar-refractivity contribution in [2.45, 2.75) is 149 Å². The van der Waals surface area contributed by atoms with E-state index in [-0.39, 0.29) is 39.3 Å². The number of rotatable bonds is 12. The van der Waals surface area contributed by atoms with Crippen LogP contribution in [0.2, 0.25) is 36.3 Å². The molecule has 2 aliphatic rings. The zero-order chi connectivity index (χ0) is 38.1. The van der Waals surface area contributed by atoms with Crippen molar-refractivity contribution in [2.75, 3.05) is 17.5 Å². The first-order valence-corrected chi connectivity index (χ1v) is 27.1. The van der Waals surface area contributed by atoms with E-state index in [4.69, 9.17) is 8.85 Å². The molecule has 1 heterocycles. The van der Waals surface area contributed by atoms with Crippen LogP contribution in [0.5, 0.6) is 0 Å². The average molecular weight is 856 g/mol. The number of hydrogen-bond acceptors (Lipinski definition) is 5. The van der Waals surface area contributed by atoms with Crippen molar-refractivity contribution in [3.63, 3.8) is 0 Å². The van der Waals surface area contributed by atoms with Crippen LogP contribution in [-0.2, 0) is 23.7 Å². The summed E-state index contributed by atoms with van der Waals surface area (Å²) in [5.41, 5.74) is 3.84. The van der Waals surface area contributed by atoms with Gasteiger partial charge >= 0.3 is 0 Å². The number of piperidine rings is 1. The number of allylic oxidation sites excluding steroid dienone is 4. The highest BCUT2D eigenvalue weighted by Crippen LogP contribution is 2.52. The number of carbonyl (C=O) groups is 1. The molecular weight excluding hydrogens is 790 g/mol. The van der Waals surface area contributed by atoms with Gasteiger partial charge in [0, 0.05) is 28.7 Å². The number of hydrogen-bond donors (Lipinski definition) is 0. The van der Waals surface area contributed by atoms with Crippen molar-refractivity contribution in [1.82, 2.24) is 4.31 Å². The van der Waals surface area contributed by atoms with Gasteiger partial charge in [0.25, 0.3) is 0 Å². The summed E-state index contributed by atoms with van der Waals surface area (Å²) in [4.78, 5) is 14.8.